The van der Waals surface area contributed by atoms with Crippen LogP contribution in [0.2, 0.25) is 0 Å². The third kappa shape index (κ3) is 7.82. The maximum absolute atomic E-state index is 10.9. The standard InChI is InChI=1S/C24H32N4O6/c25-23(29)27(31)13-17-5-9-21(10-6-17)33-15-19-1-2-20(4-3-19)16-34-22-11-7-18(8-12-22)14-28(32)24(26)30/h5-12,19-20,31-32H,1-4,13-16H2,(H2,25,29)(H2,26,30). The summed E-state index contributed by atoms with van der Waals surface area (Å²) in [6.45, 7) is 1.36. The van der Waals surface area contributed by atoms with Gasteiger partial charge in [0.15, 0.2) is 0 Å². The second-order valence-corrected chi connectivity index (χ2v) is 8.59. The number of primary amides is 2. The number of hydroxylamine groups is 4. The predicted octanol–water partition coefficient (Wildman–Crippen LogP) is 3.49. The highest BCUT2D eigenvalue weighted by molar-refractivity contribution is 5.70. The van der Waals surface area contributed by atoms with E-state index in [1.807, 2.05) is 24.3 Å². The fourth-order valence-electron chi connectivity index (χ4n) is 3.88. The molecule has 0 spiro atoms. The normalized spacial score (nSPS) is 17.6. The van der Waals surface area contributed by atoms with Gasteiger partial charge < -0.3 is 20.9 Å². The molecular formula is C24H32N4O6. The summed E-state index contributed by atoms with van der Waals surface area (Å²) in [6.07, 6.45) is 4.29. The first kappa shape index (κ1) is 25.1. The van der Waals surface area contributed by atoms with Gasteiger partial charge in [0.2, 0.25) is 0 Å². The Balaban J connectivity index is 1.34. The van der Waals surface area contributed by atoms with Crippen molar-refractivity contribution in [3.63, 3.8) is 0 Å². The summed E-state index contributed by atoms with van der Waals surface area (Å²) in [7, 11) is 0. The van der Waals surface area contributed by atoms with Crippen LogP contribution in [0.1, 0.15) is 36.8 Å². The van der Waals surface area contributed by atoms with Crippen LogP contribution in [-0.2, 0) is 13.1 Å². The Morgan fingerprint density at radius 2 is 1.03 bits per heavy atom. The summed E-state index contributed by atoms with van der Waals surface area (Å²) < 4.78 is 11.8. The highest BCUT2D eigenvalue weighted by Crippen LogP contribution is 2.30. The zero-order chi connectivity index (χ0) is 24.5. The highest BCUT2D eigenvalue weighted by Gasteiger charge is 2.22. The largest absolute Gasteiger partial charge is 0.493 e. The van der Waals surface area contributed by atoms with Gasteiger partial charge in [0.1, 0.15) is 11.5 Å². The summed E-state index contributed by atoms with van der Waals surface area (Å²) in [6, 6.07) is 12.7. The summed E-state index contributed by atoms with van der Waals surface area (Å²) in [5, 5.41) is 19.7. The fourth-order valence-corrected chi connectivity index (χ4v) is 3.88. The zero-order valence-corrected chi connectivity index (χ0v) is 19.0. The van der Waals surface area contributed by atoms with E-state index < -0.39 is 12.1 Å². The van der Waals surface area contributed by atoms with Crippen molar-refractivity contribution in [2.24, 2.45) is 23.3 Å². The molecule has 0 aromatic heterocycles. The number of carbonyl (C=O) groups excluding carboxylic acids is 2. The Bertz CT molecular complexity index is 852. The highest BCUT2D eigenvalue weighted by atomic mass is 16.5. The Morgan fingerprint density at radius 1 is 0.706 bits per heavy atom. The molecule has 2 aromatic carbocycles. The van der Waals surface area contributed by atoms with Gasteiger partial charge in [-0.05, 0) is 72.9 Å². The van der Waals surface area contributed by atoms with Gasteiger partial charge in [-0.1, -0.05) is 24.3 Å². The van der Waals surface area contributed by atoms with Gasteiger partial charge in [0.05, 0.1) is 26.3 Å². The molecule has 0 heterocycles. The molecule has 10 nitrogen and oxygen atoms in total. The van der Waals surface area contributed by atoms with E-state index in [-0.39, 0.29) is 13.1 Å². The number of urea groups is 2. The van der Waals surface area contributed by atoms with Gasteiger partial charge in [-0.3, -0.25) is 10.4 Å². The second kappa shape index (κ2) is 12.1. The fraction of sp³-hybridized carbons (Fsp3) is 0.417. The van der Waals surface area contributed by atoms with E-state index in [0.717, 1.165) is 48.3 Å². The molecule has 1 aliphatic rings. The first-order valence-corrected chi connectivity index (χ1v) is 11.3. The number of rotatable bonds is 10. The van der Waals surface area contributed by atoms with Crippen LogP contribution < -0.4 is 20.9 Å². The van der Waals surface area contributed by atoms with E-state index in [1.165, 1.54) is 0 Å². The molecule has 34 heavy (non-hydrogen) atoms. The molecule has 2 aromatic rings. The van der Waals surface area contributed by atoms with Gasteiger partial charge in [0.25, 0.3) is 0 Å². The Morgan fingerprint density at radius 3 is 1.32 bits per heavy atom. The van der Waals surface area contributed by atoms with Crippen LogP contribution in [0.3, 0.4) is 0 Å². The predicted molar refractivity (Wildman–Crippen MR) is 123 cm³/mol. The van der Waals surface area contributed by atoms with Crippen LogP contribution in [0.5, 0.6) is 11.5 Å². The van der Waals surface area contributed by atoms with Crippen LogP contribution in [0.4, 0.5) is 9.59 Å². The van der Waals surface area contributed by atoms with Crippen molar-refractivity contribution in [1.29, 1.82) is 0 Å². The van der Waals surface area contributed by atoms with Crippen LogP contribution in [0.15, 0.2) is 48.5 Å². The number of carbonyl (C=O) groups is 2. The Hall–Kier alpha value is -3.50. The van der Waals surface area contributed by atoms with Gasteiger partial charge in [0, 0.05) is 0 Å². The van der Waals surface area contributed by atoms with Crippen LogP contribution in [0.25, 0.3) is 0 Å². The lowest BCUT2D eigenvalue weighted by atomic mass is 9.83. The minimum atomic E-state index is -0.893. The number of amides is 4. The van der Waals surface area contributed by atoms with Crippen LogP contribution in [0, 0.1) is 11.8 Å². The van der Waals surface area contributed by atoms with E-state index in [4.69, 9.17) is 20.9 Å². The first-order valence-electron chi connectivity index (χ1n) is 11.3. The molecular weight excluding hydrogens is 440 g/mol. The summed E-state index contributed by atoms with van der Waals surface area (Å²) in [5.74, 6) is 2.48. The van der Waals surface area contributed by atoms with Crippen LogP contribution in [-0.4, -0.2) is 45.8 Å². The van der Waals surface area contributed by atoms with Crippen molar-refractivity contribution >= 4 is 12.1 Å². The number of nitrogens with two attached hydrogens (primary N) is 2. The molecule has 184 valence electrons. The molecule has 1 saturated carbocycles. The lowest BCUT2D eigenvalue weighted by molar-refractivity contribution is -0.0470. The van der Waals surface area contributed by atoms with E-state index in [0.29, 0.717) is 35.2 Å². The van der Waals surface area contributed by atoms with Crippen molar-refractivity contribution in [1.82, 2.24) is 10.1 Å². The summed E-state index contributed by atoms with van der Waals surface area (Å²) in [4.78, 5) is 21.8. The van der Waals surface area contributed by atoms with Crippen molar-refractivity contribution in [2.75, 3.05) is 13.2 Å². The lowest BCUT2D eigenvalue weighted by Crippen LogP contribution is -2.31. The maximum Gasteiger partial charge on any atom is 0.338 e. The van der Waals surface area contributed by atoms with Crippen LogP contribution >= 0.6 is 0 Å². The third-order valence-electron chi connectivity index (χ3n) is 5.96. The summed E-state index contributed by atoms with van der Waals surface area (Å²) >= 11 is 0. The van der Waals surface area contributed by atoms with Gasteiger partial charge in [-0.25, -0.2) is 19.7 Å². The number of hydrogen-bond donors (Lipinski definition) is 4. The third-order valence-corrected chi connectivity index (χ3v) is 5.96. The van der Waals surface area contributed by atoms with E-state index >= 15 is 0 Å². The molecule has 4 amide bonds. The smallest absolute Gasteiger partial charge is 0.338 e. The molecule has 6 N–H and O–H groups in total. The molecule has 3 rings (SSSR count). The van der Waals surface area contributed by atoms with Gasteiger partial charge in [-0.15, -0.1) is 0 Å². The number of benzene rings is 2. The number of hydrogen-bond acceptors (Lipinski definition) is 6. The molecule has 1 aliphatic carbocycles. The van der Waals surface area contributed by atoms with Crippen molar-refractivity contribution in [3.05, 3.63) is 59.7 Å². The average molecular weight is 473 g/mol. The number of ether oxygens (including phenoxy) is 2. The molecule has 1 fully saturated rings. The zero-order valence-electron chi connectivity index (χ0n) is 19.0. The molecule has 0 unspecified atom stereocenters. The number of nitrogens with zero attached hydrogens (tertiary/aromatic N) is 2. The molecule has 0 aliphatic heterocycles. The first-order chi connectivity index (χ1) is 16.3. The van der Waals surface area contributed by atoms with Crippen molar-refractivity contribution in [3.8, 4) is 11.5 Å². The maximum atomic E-state index is 10.9. The second-order valence-electron chi connectivity index (χ2n) is 8.59. The van der Waals surface area contributed by atoms with Gasteiger partial charge >= 0.3 is 12.1 Å². The van der Waals surface area contributed by atoms with Crippen molar-refractivity contribution < 1.29 is 29.5 Å². The SMILES string of the molecule is NC(=O)N(O)Cc1ccc(OCC2CCC(COc3ccc(CN(O)C(N)=O)cc3)CC2)cc1. The van der Waals surface area contributed by atoms with E-state index in [9.17, 15) is 20.0 Å². The molecule has 0 atom stereocenters. The molecule has 0 radical (unpaired) electrons. The van der Waals surface area contributed by atoms with Gasteiger partial charge in [-0.2, -0.15) is 0 Å². The van der Waals surface area contributed by atoms with E-state index in [1.54, 1.807) is 24.3 Å². The minimum absolute atomic E-state index is 0.0302. The Kier molecular flexibility index (Phi) is 8.94. The molecule has 0 saturated heterocycles. The quantitative estimate of drug-likeness (QED) is 0.307. The monoisotopic (exact) mass is 472 g/mol. The molecule has 0 bridgehead atoms. The van der Waals surface area contributed by atoms with Crippen molar-refractivity contribution in [2.45, 2.75) is 38.8 Å². The lowest BCUT2D eigenvalue weighted by Gasteiger charge is -2.28. The summed E-state index contributed by atoms with van der Waals surface area (Å²) in [5.41, 5.74) is 11.5. The van der Waals surface area contributed by atoms with E-state index in [2.05, 4.69) is 0 Å². The Labute approximate surface area is 198 Å². The average Bonchev–Trinajstić information content (AvgIpc) is 2.83. The minimum Gasteiger partial charge on any atom is -0.493 e. The topological polar surface area (TPSA) is 152 Å². The molecule has 10 heteroatoms.